The predicted octanol–water partition coefficient (Wildman–Crippen LogP) is 1.55. The summed E-state index contributed by atoms with van der Waals surface area (Å²) in [6, 6.07) is 6.39. The molecule has 0 heterocycles. The van der Waals surface area contributed by atoms with Crippen LogP contribution in [0.1, 0.15) is 42.6 Å². The third-order valence-electron chi connectivity index (χ3n) is 3.01. The fourth-order valence-corrected chi connectivity index (χ4v) is 1.81. The monoisotopic (exact) mass is 265 g/mol. The Morgan fingerprint density at radius 1 is 1.26 bits per heavy atom. The van der Waals surface area contributed by atoms with Crippen molar-refractivity contribution in [2.75, 3.05) is 0 Å². The Bertz CT molecular complexity index is 455. The molecule has 0 aliphatic heterocycles. The number of carbonyl (C=O) groups is 2. The maximum Gasteiger partial charge on any atom is 0.329 e. The predicted molar refractivity (Wildman–Crippen MR) is 70.8 cm³/mol. The molecule has 0 bridgehead atoms. The van der Waals surface area contributed by atoms with E-state index in [9.17, 15) is 14.7 Å². The number of rotatable bonds is 6. The molecule has 0 saturated heterocycles. The molecule has 5 nitrogen and oxygen atoms in total. The molecular weight excluding hydrogens is 246 g/mol. The summed E-state index contributed by atoms with van der Waals surface area (Å²) in [4.78, 5) is 23.2. The Morgan fingerprint density at radius 3 is 2.26 bits per heavy atom. The smallest absolute Gasteiger partial charge is 0.329 e. The van der Waals surface area contributed by atoms with Gasteiger partial charge in [-0.15, -0.1) is 0 Å². The number of aliphatic hydroxyl groups excluding tert-OH is 1. The second-order valence-electron chi connectivity index (χ2n) is 4.70. The topological polar surface area (TPSA) is 86.6 Å². The van der Waals surface area contributed by atoms with Crippen LogP contribution in [0.25, 0.3) is 0 Å². The van der Waals surface area contributed by atoms with Gasteiger partial charge in [-0.1, -0.05) is 25.5 Å². The van der Waals surface area contributed by atoms with Gasteiger partial charge < -0.3 is 15.5 Å². The van der Waals surface area contributed by atoms with Gasteiger partial charge in [0.25, 0.3) is 5.91 Å². The van der Waals surface area contributed by atoms with Gasteiger partial charge >= 0.3 is 5.97 Å². The number of hydrogen-bond acceptors (Lipinski definition) is 3. The molecule has 0 saturated carbocycles. The first-order valence-electron chi connectivity index (χ1n) is 6.18. The summed E-state index contributed by atoms with van der Waals surface area (Å²) < 4.78 is 0. The van der Waals surface area contributed by atoms with Crippen LogP contribution in [0.5, 0.6) is 0 Å². The van der Waals surface area contributed by atoms with Crippen molar-refractivity contribution in [3.8, 4) is 0 Å². The molecule has 1 aromatic rings. The van der Waals surface area contributed by atoms with Gasteiger partial charge in [-0.25, -0.2) is 4.79 Å². The molecule has 1 rings (SSSR count). The Kier molecular flexibility index (Phi) is 5.06. The number of carbonyl (C=O) groups excluding carboxylic acids is 1. The molecule has 3 N–H and O–H groups in total. The SMILES string of the molecule is CCCC(C)(NC(=O)c1ccc(CO)cc1)C(=O)O. The quantitative estimate of drug-likeness (QED) is 0.728. The number of carboxylic acid groups (broad SMARTS) is 1. The fourth-order valence-electron chi connectivity index (χ4n) is 1.81. The van der Waals surface area contributed by atoms with Crippen LogP contribution in [0.15, 0.2) is 24.3 Å². The summed E-state index contributed by atoms with van der Waals surface area (Å²) >= 11 is 0. The number of carboxylic acids is 1. The zero-order chi connectivity index (χ0) is 14.5. The van der Waals surface area contributed by atoms with Gasteiger partial charge in [0, 0.05) is 5.56 Å². The average molecular weight is 265 g/mol. The number of aliphatic carboxylic acids is 1. The molecule has 0 fully saturated rings. The lowest BCUT2D eigenvalue weighted by Crippen LogP contribution is -2.52. The third-order valence-corrected chi connectivity index (χ3v) is 3.01. The molecule has 19 heavy (non-hydrogen) atoms. The normalized spacial score (nSPS) is 13.6. The molecule has 0 aliphatic carbocycles. The van der Waals surface area contributed by atoms with E-state index in [4.69, 9.17) is 5.11 Å². The van der Waals surface area contributed by atoms with Gasteiger partial charge in [-0.3, -0.25) is 4.79 Å². The number of aliphatic hydroxyl groups is 1. The third kappa shape index (κ3) is 3.79. The zero-order valence-corrected chi connectivity index (χ0v) is 11.1. The molecule has 1 unspecified atom stereocenters. The molecular formula is C14H19NO4. The Labute approximate surface area is 112 Å². The van der Waals surface area contributed by atoms with Crippen molar-refractivity contribution in [1.82, 2.24) is 5.32 Å². The molecule has 0 aliphatic rings. The van der Waals surface area contributed by atoms with Crippen LogP contribution in [0, 0.1) is 0 Å². The van der Waals surface area contributed by atoms with Gasteiger partial charge in [-0.2, -0.15) is 0 Å². The van der Waals surface area contributed by atoms with E-state index in [1.165, 1.54) is 6.92 Å². The Morgan fingerprint density at radius 2 is 1.84 bits per heavy atom. The van der Waals surface area contributed by atoms with Crippen molar-refractivity contribution < 1.29 is 19.8 Å². The molecule has 1 atom stereocenters. The second-order valence-corrected chi connectivity index (χ2v) is 4.70. The molecule has 0 aromatic heterocycles. The number of nitrogens with one attached hydrogen (secondary N) is 1. The minimum absolute atomic E-state index is 0.0927. The van der Waals surface area contributed by atoms with Crippen molar-refractivity contribution in [3.05, 3.63) is 35.4 Å². The van der Waals surface area contributed by atoms with E-state index < -0.39 is 17.4 Å². The molecule has 104 valence electrons. The van der Waals surface area contributed by atoms with E-state index in [2.05, 4.69) is 5.32 Å². The van der Waals surface area contributed by atoms with E-state index in [0.29, 0.717) is 24.0 Å². The molecule has 0 spiro atoms. The first-order chi connectivity index (χ1) is 8.92. The zero-order valence-electron chi connectivity index (χ0n) is 11.1. The van der Waals surface area contributed by atoms with Gasteiger partial charge in [0.2, 0.25) is 0 Å². The van der Waals surface area contributed by atoms with Crippen LogP contribution >= 0.6 is 0 Å². The lowest BCUT2D eigenvalue weighted by atomic mass is 9.95. The van der Waals surface area contributed by atoms with Crippen LogP contribution < -0.4 is 5.32 Å². The van der Waals surface area contributed by atoms with Crippen LogP contribution in [0.2, 0.25) is 0 Å². The van der Waals surface area contributed by atoms with Gasteiger partial charge in [0.1, 0.15) is 5.54 Å². The molecule has 5 heteroatoms. The number of hydrogen-bond donors (Lipinski definition) is 3. The lowest BCUT2D eigenvalue weighted by molar-refractivity contribution is -0.144. The largest absolute Gasteiger partial charge is 0.480 e. The summed E-state index contributed by atoms with van der Waals surface area (Å²) in [6.07, 6.45) is 1.02. The summed E-state index contributed by atoms with van der Waals surface area (Å²) in [7, 11) is 0. The molecule has 0 radical (unpaired) electrons. The highest BCUT2D eigenvalue weighted by Gasteiger charge is 2.33. The molecule has 1 amide bonds. The summed E-state index contributed by atoms with van der Waals surface area (Å²) in [5, 5.41) is 20.7. The van der Waals surface area contributed by atoms with Crippen LogP contribution in [-0.2, 0) is 11.4 Å². The summed E-state index contributed by atoms with van der Waals surface area (Å²) in [6.45, 7) is 3.27. The van der Waals surface area contributed by atoms with E-state index in [0.717, 1.165) is 0 Å². The number of amides is 1. The van der Waals surface area contributed by atoms with Gasteiger partial charge in [-0.05, 0) is 31.0 Å². The van der Waals surface area contributed by atoms with Gasteiger partial charge in [0.15, 0.2) is 0 Å². The van der Waals surface area contributed by atoms with Crippen molar-refractivity contribution >= 4 is 11.9 Å². The standard InChI is InChI=1S/C14H19NO4/c1-3-8-14(2,13(18)19)15-12(17)11-6-4-10(9-16)5-7-11/h4-7,16H,3,8-9H2,1-2H3,(H,15,17)(H,18,19). The summed E-state index contributed by atoms with van der Waals surface area (Å²) in [5.41, 5.74) is -0.187. The highest BCUT2D eigenvalue weighted by molar-refractivity contribution is 5.97. The Hall–Kier alpha value is -1.88. The second kappa shape index (κ2) is 6.33. The van der Waals surface area contributed by atoms with Crippen LogP contribution in [0.4, 0.5) is 0 Å². The van der Waals surface area contributed by atoms with Crippen molar-refractivity contribution in [3.63, 3.8) is 0 Å². The number of benzene rings is 1. The summed E-state index contributed by atoms with van der Waals surface area (Å²) in [5.74, 6) is -1.47. The van der Waals surface area contributed by atoms with E-state index in [-0.39, 0.29) is 6.61 Å². The van der Waals surface area contributed by atoms with E-state index in [1.807, 2.05) is 6.92 Å². The maximum absolute atomic E-state index is 12.0. The van der Waals surface area contributed by atoms with Crippen molar-refractivity contribution in [2.45, 2.75) is 38.8 Å². The van der Waals surface area contributed by atoms with Gasteiger partial charge in [0.05, 0.1) is 6.61 Å². The van der Waals surface area contributed by atoms with Crippen LogP contribution in [0.3, 0.4) is 0 Å². The van der Waals surface area contributed by atoms with Crippen molar-refractivity contribution in [1.29, 1.82) is 0 Å². The van der Waals surface area contributed by atoms with E-state index >= 15 is 0 Å². The maximum atomic E-state index is 12.0. The Balaban J connectivity index is 2.84. The minimum atomic E-state index is -1.26. The highest BCUT2D eigenvalue weighted by atomic mass is 16.4. The minimum Gasteiger partial charge on any atom is -0.480 e. The lowest BCUT2D eigenvalue weighted by Gasteiger charge is -2.25. The van der Waals surface area contributed by atoms with Crippen molar-refractivity contribution in [2.24, 2.45) is 0 Å². The van der Waals surface area contributed by atoms with E-state index in [1.54, 1.807) is 24.3 Å². The first kappa shape index (κ1) is 15.2. The fraction of sp³-hybridized carbons (Fsp3) is 0.429. The van der Waals surface area contributed by atoms with Crippen LogP contribution in [-0.4, -0.2) is 27.6 Å². The molecule has 1 aromatic carbocycles. The first-order valence-corrected chi connectivity index (χ1v) is 6.18. The average Bonchev–Trinajstić information content (AvgIpc) is 2.38. The highest BCUT2D eigenvalue weighted by Crippen LogP contribution is 2.14.